The lowest BCUT2D eigenvalue weighted by Gasteiger charge is -2.19. The maximum atomic E-state index is 12.6. The van der Waals surface area contributed by atoms with Gasteiger partial charge in [-0.2, -0.15) is 0 Å². The number of rotatable bonds is 9. The largest absolute Gasteiger partial charge is 0.341 e. The highest BCUT2D eigenvalue weighted by Gasteiger charge is 2.21. The number of thiophene rings is 1. The molecule has 0 aliphatic rings. The molecule has 0 saturated carbocycles. The van der Waals surface area contributed by atoms with E-state index in [2.05, 4.69) is 0 Å². The molecule has 6 nitrogen and oxygen atoms in total. The summed E-state index contributed by atoms with van der Waals surface area (Å²) < 4.78 is 26.5. The summed E-state index contributed by atoms with van der Waals surface area (Å²) in [5.74, 6) is -0.123. The van der Waals surface area contributed by atoms with E-state index in [1.54, 1.807) is 23.3 Å². The van der Waals surface area contributed by atoms with Crippen molar-refractivity contribution in [2.24, 2.45) is 0 Å². The van der Waals surface area contributed by atoms with Crippen LogP contribution in [0.15, 0.2) is 40.6 Å². The van der Waals surface area contributed by atoms with Crippen LogP contribution in [0.3, 0.4) is 0 Å². The Morgan fingerprint density at radius 1 is 1.07 bits per heavy atom. The van der Waals surface area contributed by atoms with Crippen LogP contribution in [0.4, 0.5) is 0 Å². The highest BCUT2D eigenvalue weighted by atomic mass is 32.2. The summed E-state index contributed by atoms with van der Waals surface area (Å²) in [6.07, 6.45) is 0.720. The second-order valence-corrected chi connectivity index (χ2v) is 9.83. The molecule has 0 fully saturated rings. The molecule has 0 unspecified atom stereocenters. The second kappa shape index (κ2) is 9.45. The summed E-state index contributed by atoms with van der Waals surface area (Å²) >= 11 is 1.63. The van der Waals surface area contributed by atoms with E-state index in [0.29, 0.717) is 18.5 Å². The van der Waals surface area contributed by atoms with E-state index >= 15 is 0 Å². The lowest BCUT2D eigenvalue weighted by molar-refractivity contribution is -0.130. The molecule has 1 heterocycles. The zero-order valence-electron chi connectivity index (χ0n) is 16.6. The van der Waals surface area contributed by atoms with Crippen LogP contribution >= 0.6 is 11.3 Å². The minimum atomic E-state index is -3.65. The number of aryl methyl sites for hydroxylation is 1. The van der Waals surface area contributed by atoms with Crippen LogP contribution in [0.1, 0.15) is 40.6 Å². The minimum absolute atomic E-state index is 0.00981. The van der Waals surface area contributed by atoms with Gasteiger partial charge in [-0.05, 0) is 49.4 Å². The zero-order valence-corrected chi connectivity index (χ0v) is 18.3. The highest BCUT2D eigenvalue weighted by molar-refractivity contribution is 7.89. The van der Waals surface area contributed by atoms with Crippen LogP contribution in [0, 0.1) is 6.92 Å². The fourth-order valence-corrected chi connectivity index (χ4v) is 4.84. The first kappa shape index (κ1) is 22.3. The summed E-state index contributed by atoms with van der Waals surface area (Å²) in [6.45, 7) is 4.27. The maximum Gasteiger partial charge on any atom is 0.242 e. The summed E-state index contributed by atoms with van der Waals surface area (Å²) in [5.41, 5.74) is 1.64. The Balaban J connectivity index is 1.88. The van der Waals surface area contributed by atoms with Gasteiger partial charge in [0.05, 0.1) is 11.4 Å². The first-order chi connectivity index (χ1) is 13.1. The molecule has 0 atom stereocenters. The zero-order chi connectivity index (χ0) is 20.9. The number of carbonyl (C=O) groups excluding carboxylic acids is 2. The number of Topliss-reactive ketones (excluding diaryl/α,β-unsaturated/α-hetero) is 1. The third kappa shape index (κ3) is 5.50. The van der Waals surface area contributed by atoms with Crippen molar-refractivity contribution in [2.75, 3.05) is 20.6 Å². The Labute approximate surface area is 170 Å². The molecule has 0 spiro atoms. The van der Waals surface area contributed by atoms with Gasteiger partial charge in [0.1, 0.15) is 0 Å². The van der Waals surface area contributed by atoms with Crippen LogP contribution in [-0.4, -0.2) is 50.0 Å². The second-order valence-electron chi connectivity index (χ2n) is 6.79. The molecule has 0 N–H and O–H groups in total. The van der Waals surface area contributed by atoms with Gasteiger partial charge in [-0.15, -0.1) is 11.3 Å². The van der Waals surface area contributed by atoms with E-state index in [1.165, 1.54) is 48.1 Å². The topological polar surface area (TPSA) is 74.8 Å². The van der Waals surface area contributed by atoms with E-state index in [0.717, 1.165) is 4.88 Å². The Hall–Kier alpha value is -2.03. The molecule has 2 aromatic rings. The molecule has 152 valence electrons. The molecule has 1 amide bonds. The van der Waals surface area contributed by atoms with Crippen LogP contribution in [-0.2, 0) is 21.4 Å². The fraction of sp³-hybridized carbons (Fsp3) is 0.400. The van der Waals surface area contributed by atoms with Crippen LogP contribution in [0.5, 0.6) is 0 Å². The van der Waals surface area contributed by atoms with Crippen molar-refractivity contribution >= 4 is 33.1 Å². The summed E-state index contributed by atoms with van der Waals surface area (Å²) in [5, 5.41) is 2.01. The first-order valence-electron chi connectivity index (χ1n) is 8.97. The molecule has 0 radical (unpaired) electrons. The summed E-state index contributed by atoms with van der Waals surface area (Å²) in [7, 11) is -0.388. The van der Waals surface area contributed by atoms with Gasteiger partial charge in [-0.1, -0.05) is 12.1 Å². The van der Waals surface area contributed by atoms with E-state index in [-0.39, 0.29) is 29.6 Å². The van der Waals surface area contributed by atoms with Gasteiger partial charge in [0, 0.05) is 37.5 Å². The van der Waals surface area contributed by atoms with Crippen molar-refractivity contribution in [3.8, 4) is 0 Å². The molecule has 0 bridgehead atoms. The third-order valence-corrected chi connectivity index (χ3v) is 7.49. The van der Waals surface area contributed by atoms with Gasteiger partial charge >= 0.3 is 0 Å². The quantitative estimate of drug-likeness (QED) is 0.581. The number of ketones is 1. The summed E-state index contributed by atoms with van der Waals surface area (Å²) in [4.78, 5) is 26.6. The van der Waals surface area contributed by atoms with Crippen LogP contribution in [0.2, 0.25) is 0 Å². The lowest BCUT2D eigenvalue weighted by atomic mass is 10.2. The van der Waals surface area contributed by atoms with Gasteiger partial charge in [-0.3, -0.25) is 9.59 Å². The van der Waals surface area contributed by atoms with Gasteiger partial charge < -0.3 is 4.90 Å². The number of benzene rings is 1. The van der Waals surface area contributed by atoms with Crippen molar-refractivity contribution in [2.45, 2.75) is 38.1 Å². The Morgan fingerprint density at radius 2 is 1.71 bits per heavy atom. The molecular formula is C20H26N2O4S2. The van der Waals surface area contributed by atoms with Crippen LogP contribution in [0.25, 0.3) is 0 Å². The number of sulfonamides is 1. The maximum absolute atomic E-state index is 12.6. The van der Waals surface area contributed by atoms with Crippen molar-refractivity contribution in [1.82, 2.24) is 9.21 Å². The molecule has 2 rings (SSSR count). The standard InChI is InChI=1S/C20H26N2O4S2/c1-15-11-13-27-19(15)14-21(3)20(24)6-5-12-22(4)28(25,26)18-9-7-17(8-10-18)16(2)23/h7-11,13H,5-6,12,14H2,1-4H3. The minimum Gasteiger partial charge on any atom is -0.341 e. The molecular weight excluding hydrogens is 396 g/mol. The average molecular weight is 423 g/mol. The van der Waals surface area contributed by atoms with Gasteiger partial charge in [0.2, 0.25) is 15.9 Å². The normalized spacial score (nSPS) is 11.6. The van der Waals surface area contributed by atoms with Crippen molar-refractivity contribution in [3.63, 3.8) is 0 Å². The number of nitrogens with zero attached hydrogens (tertiary/aromatic N) is 2. The highest BCUT2D eigenvalue weighted by Crippen LogP contribution is 2.18. The monoisotopic (exact) mass is 422 g/mol. The number of amides is 1. The Kier molecular flexibility index (Phi) is 7.51. The molecule has 1 aromatic heterocycles. The molecule has 8 heteroatoms. The molecule has 0 aliphatic heterocycles. The van der Waals surface area contributed by atoms with Crippen molar-refractivity contribution < 1.29 is 18.0 Å². The average Bonchev–Trinajstić information content (AvgIpc) is 3.06. The van der Waals surface area contributed by atoms with E-state index in [4.69, 9.17) is 0 Å². The smallest absolute Gasteiger partial charge is 0.242 e. The van der Waals surface area contributed by atoms with Gasteiger partial charge in [0.25, 0.3) is 0 Å². The molecule has 0 aliphatic carbocycles. The van der Waals surface area contributed by atoms with Gasteiger partial charge in [0.15, 0.2) is 5.78 Å². The fourth-order valence-electron chi connectivity index (χ4n) is 2.68. The van der Waals surface area contributed by atoms with E-state index in [9.17, 15) is 18.0 Å². The first-order valence-corrected chi connectivity index (χ1v) is 11.3. The Morgan fingerprint density at radius 3 is 2.25 bits per heavy atom. The predicted molar refractivity (Wildman–Crippen MR) is 111 cm³/mol. The number of carbonyl (C=O) groups is 2. The number of hydrogen-bond donors (Lipinski definition) is 0. The molecule has 0 saturated heterocycles. The summed E-state index contributed by atoms with van der Waals surface area (Å²) in [6, 6.07) is 7.92. The Bertz CT molecular complexity index is 933. The van der Waals surface area contributed by atoms with Crippen molar-refractivity contribution in [1.29, 1.82) is 0 Å². The van der Waals surface area contributed by atoms with Crippen LogP contribution < -0.4 is 0 Å². The van der Waals surface area contributed by atoms with Gasteiger partial charge in [-0.25, -0.2) is 12.7 Å². The SMILES string of the molecule is CC(=O)c1ccc(S(=O)(=O)N(C)CCCC(=O)N(C)Cc2sccc2C)cc1. The van der Waals surface area contributed by atoms with E-state index in [1.807, 2.05) is 18.4 Å². The lowest BCUT2D eigenvalue weighted by Crippen LogP contribution is -2.30. The van der Waals surface area contributed by atoms with E-state index < -0.39 is 10.0 Å². The number of hydrogen-bond acceptors (Lipinski definition) is 5. The van der Waals surface area contributed by atoms with Crippen molar-refractivity contribution in [3.05, 3.63) is 51.7 Å². The predicted octanol–water partition coefficient (Wildman–Crippen LogP) is 3.32. The third-order valence-electron chi connectivity index (χ3n) is 4.61. The molecule has 1 aromatic carbocycles. The molecule has 28 heavy (non-hydrogen) atoms.